The van der Waals surface area contributed by atoms with Crippen molar-refractivity contribution < 1.29 is 32.8 Å². The summed E-state index contributed by atoms with van der Waals surface area (Å²) in [5, 5.41) is 0.581. The van der Waals surface area contributed by atoms with E-state index in [1.165, 1.54) is 34.9 Å². The Morgan fingerprint density at radius 1 is 1.10 bits per heavy atom. The molecule has 13 heteroatoms. The molecule has 0 radical (unpaired) electrons. The number of ether oxygens (including phenoxy) is 1. The molecule has 1 aromatic carbocycles. The van der Waals surface area contributed by atoms with Crippen LogP contribution in [0.3, 0.4) is 0 Å². The number of phosphoric acid groups is 1. The van der Waals surface area contributed by atoms with Gasteiger partial charge in [0.15, 0.2) is 0 Å². The van der Waals surface area contributed by atoms with Crippen molar-refractivity contribution in [3.05, 3.63) is 73.1 Å². The average molecular weight is 570 g/mol. The van der Waals surface area contributed by atoms with Crippen molar-refractivity contribution in [2.24, 2.45) is 0 Å². The number of likely N-dealkylation sites (N-methyl/N-ethyl adjacent to an activating group) is 2. The quantitative estimate of drug-likeness (QED) is 0.165. The number of rotatable bonds is 10. The topological polar surface area (TPSA) is 130 Å². The van der Waals surface area contributed by atoms with Crippen molar-refractivity contribution in [1.82, 2.24) is 19.4 Å². The van der Waals surface area contributed by atoms with Gasteiger partial charge in [-0.15, -0.1) is 0 Å². The minimum absolute atomic E-state index is 0.209. The Hall–Kier alpha value is -3.93. The number of nitrogens with zero attached hydrogens (tertiary/aromatic N) is 5. The van der Waals surface area contributed by atoms with Gasteiger partial charge in [0.2, 0.25) is 11.9 Å². The number of anilines is 1. The second kappa shape index (κ2) is 12.1. The summed E-state index contributed by atoms with van der Waals surface area (Å²) >= 11 is 0. The van der Waals surface area contributed by atoms with Crippen molar-refractivity contribution in [3.8, 4) is 28.0 Å². The Balaban J connectivity index is 1.79. The maximum absolute atomic E-state index is 14.0. The molecule has 1 amide bonds. The van der Waals surface area contributed by atoms with Crippen molar-refractivity contribution in [2.45, 2.75) is 6.73 Å². The van der Waals surface area contributed by atoms with Gasteiger partial charge in [-0.1, -0.05) is 6.08 Å². The fourth-order valence-electron chi connectivity index (χ4n) is 4.03. The number of benzene rings is 1. The summed E-state index contributed by atoms with van der Waals surface area (Å²) in [5.41, 5.74) is 3.38. The predicted octanol–water partition coefficient (Wildman–Crippen LogP) is 4.06. The third-order valence-corrected chi connectivity index (χ3v) is 6.48. The van der Waals surface area contributed by atoms with E-state index >= 15 is 0 Å². The zero-order chi connectivity index (χ0) is 29.0. The number of carbonyl (C=O) groups is 1. The van der Waals surface area contributed by atoms with Gasteiger partial charge in [0.05, 0.1) is 7.11 Å². The molecule has 40 heavy (non-hydrogen) atoms. The smallest absolute Gasteiger partial charge is 0.471 e. The predicted molar refractivity (Wildman–Crippen MR) is 149 cm³/mol. The van der Waals surface area contributed by atoms with Crippen LogP contribution in [0.1, 0.15) is 0 Å². The molecule has 11 nitrogen and oxygen atoms in total. The Morgan fingerprint density at radius 2 is 1.88 bits per heavy atom. The van der Waals surface area contributed by atoms with Gasteiger partial charge in [0.25, 0.3) is 0 Å². The molecular formula is C27H29FN5O6P. The van der Waals surface area contributed by atoms with E-state index in [9.17, 15) is 23.5 Å². The second-order valence-electron chi connectivity index (χ2n) is 9.21. The molecule has 210 valence electrons. The molecule has 0 aliphatic heterocycles. The van der Waals surface area contributed by atoms with Gasteiger partial charge in [-0.25, -0.2) is 14.5 Å². The Morgan fingerprint density at radius 3 is 2.55 bits per heavy atom. The van der Waals surface area contributed by atoms with Crippen molar-refractivity contribution in [2.75, 3.05) is 39.7 Å². The number of hydrogen-bond donors (Lipinski definition) is 2. The highest BCUT2D eigenvalue weighted by Crippen LogP contribution is 2.39. The van der Waals surface area contributed by atoms with Crippen LogP contribution in [-0.2, 0) is 20.6 Å². The van der Waals surface area contributed by atoms with Crippen LogP contribution in [-0.4, -0.2) is 69.9 Å². The first-order valence-electron chi connectivity index (χ1n) is 12.0. The lowest BCUT2D eigenvalue weighted by atomic mass is 10.0. The van der Waals surface area contributed by atoms with Gasteiger partial charge in [-0.05, 0) is 49.5 Å². The standard InChI is InChI=1S/C27H29FN5O6P/c1-31(2)9-5-6-26(34)32(3)21-10-19(11-22(14-21)38-4)20-12-23-24(18-7-8-29-25(28)13-18)16-33(27(23)30-15-20)17-39-40(35,36)37/h5-8,10-16H,9,17H2,1-4H3,(H2,35,36,37). The van der Waals surface area contributed by atoms with Gasteiger partial charge in [-0.3, -0.25) is 9.32 Å². The average Bonchev–Trinajstić information content (AvgIpc) is 3.28. The van der Waals surface area contributed by atoms with Gasteiger partial charge < -0.3 is 28.9 Å². The molecule has 0 spiro atoms. The minimum Gasteiger partial charge on any atom is -0.497 e. The number of methoxy groups -OCH3 is 1. The van der Waals surface area contributed by atoms with E-state index in [4.69, 9.17) is 4.74 Å². The molecule has 0 bridgehead atoms. The Bertz CT molecular complexity index is 1620. The van der Waals surface area contributed by atoms with E-state index in [1.807, 2.05) is 31.1 Å². The van der Waals surface area contributed by atoms with Crippen molar-refractivity contribution >= 4 is 30.5 Å². The summed E-state index contributed by atoms with van der Waals surface area (Å²) in [7, 11) is 2.26. The van der Waals surface area contributed by atoms with E-state index in [2.05, 4.69) is 14.5 Å². The van der Waals surface area contributed by atoms with Crippen LogP contribution in [0, 0.1) is 5.95 Å². The summed E-state index contributed by atoms with van der Waals surface area (Å²) in [4.78, 5) is 42.7. The normalized spacial score (nSPS) is 12.0. The van der Waals surface area contributed by atoms with Crippen LogP contribution >= 0.6 is 7.82 Å². The lowest BCUT2D eigenvalue weighted by Crippen LogP contribution is -2.24. The summed E-state index contributed by atoms with van der Waals surface area (Å²) in [6, 6.07) is 10.1. The SMILES string of the molecule is COc1cc(-c2cnc3c(c2)c(-c2ccnc(F)c2)cn3COP(=O)(O)O)cc(N(C)C(=O)C=CCN(C)C)c1. The van der Waals surface area contributed by atoms with Gasteiger partial charge in [-0.2, -0.15) is 4.39 Å². The first-order valence-corrected chi connectivity index (χ1v) is 13.6. The maximum Gasteiger partial charge on any atom is 0.471 e. The minimum atomic E-state index is -4.75. The Kier molecular flexibility index (Phi) is 8.77. The third kappa shape index (κ3) is 6.98. The second-order valence-corrected chi connectivity index (χ2v) is 10.4. The van der Waals surface area contributed by atoms with Crippen molar-refractivity contribution in [1.29, 1.82) is 0 Å². The highest BCUT2D eigenvalue weighted by atomic mass is 31.2. The molecular weight excluding hydrogens is 540 g/mol. The highest BCUT2D eigenvalue weighted by Gasteiger charge is 2.19. The van der Waals surface area contributed by atoms with Gasteiger partial charge in [0, 0.05) is 72.6 Å². The molecule has 3 aromatic heterocycles. The number of aromatic nitrogens is 3. The summed E-state index contributed by atoms with van der Waals surface area (Å²) < 4.78 is 36.9. The first-order chi connectivity index (χ1) is 18.9. The number of fused-ring (bicyclic) bond motifs is 1. The number of carbonyl (C=O) groups excluding carboxylic acids is 1. The van der Waals surface area contributed by atoms with Crippen LogP contribution < -0.4 is 9.64 Å². The van der Waals surface area contributed by atoms with Crippen LogP contribution in [0.25, 0.3) is 33.3 Å². The summed E-state index contributed by atoms with van der Waals surface area (Å²) in [5.74, 6) is -0.369. The maximum atomic E-state index is 14.0. The molecule has 0 saturated heterocycles. The summed E-state index contributed by atoms with van der Waals surface area (Å²) in [6.45, 7) is 0.148. The lowest BCUT2D eigenvalue weighted by molar-refractivity contribution is -0.113. The zero-order valence-corrected chi connectivity index (χ0v) is 23.2. The van der Waals surface area contributed by atoms with E-state index in [0.29, 0.717) is 51.3 Å². The molecule has 4 aromatic rings. The van der Waals surface area contributed by atoms with E-state index in [1.54, 1.807) is 43.7 Å². The number of amides is 1. The van der Waals surface area contributed by atoms with Gasteiger partial charge in [0.1, 0.15) is 18.1 Å². The molecule has 4 rings (SSSR count). The number of pyridine rings is 2. The van der Waals surface area contributed by atoms with Crippen LogP contribution in [0.15, 0.2) is 67.1 Å². The molecule has 0 aliphatic carbocycles. The number of halogens is 1. The number of phosphoric ester groups is 1. The van der Waals surface area contributed by atoms with Gasteiger partial charge >= 0.3 is 7.82 Å². The van der Waals surface area contributed by atoms with Crippen LogP contribution in [0.5, 0.6) is 5.75 Å². The Labute approximate surface area is 230 Å². The molecule has 0 unspecified atom stereocenters. The highest BCUT2D eigenvalue weighted by molar-refractivity contribution is 7.46. The molecule has 0 aliphatic rings. The number of hydrogen-bond acceptors (Lipinski definition) is 7. The van der Waals surface area contributed by atoms with Crippen LogP contribution in [0.2, 0.25) is 0 Å². The van der Waals surface area contributed by atoms with Crippen molar-refractivity contribution in [3.63, 3.8) is 0 Å². The fraction of sp³-hybridized carbons (Fsp3) is 0.222. The largest absolute Gasteiger partial charge is 0.497 e. The molecule has 3 heterocycles. The van der Waals surface area contributed by atoms with E-state index in [0.717, 1.165) is 0 Å². The molecule has 0 atom stereocenters. The first kappa shape index (κ1) is 29.1. The monoisotopic (exact) mass is 569 g/mol. The molecule has 2 N–H and O–H groups in total. The molecule has 0 saturated carbocycles. The molecule has 0 fully saturated rings. The lowest BCUT2D eigenvalue weighted by Gasteiger charge is -2.18. The van der Waals surface area contributed by atoms with Crippen LogP contribution in [0.4, 0.5) is 10.1 Å². The fourth-order valence-corrected chi connectivity index (χ4v) is 4.30. The summed E-state index contributed by atoms with van der Waals surface area (Å²) in [6.07, 6.45) is 7.78. The third-order valence-electron chi connectivity index (χ3n) is 6.03. The van der Waals surface area contributed by atoms with E-state index in [-0.39, 0.29) is 5.91 Å². The van der Waals surface area contributed by atoms with E-state index < -0.39 is 20.5 Å². The zero-order valence-electron chi connectivity index (χ0n) is 22.4.